The Kier molecular flexibility index (Phi) is 4.73. The molecule has 0 saturated carbocycles. The van der Waals surface area contributed by atoms with Crippen LogP contribution in [0.15, 0.2) is 18.2 Å². The van der Waals surface area contributed by atoms with E-state index in [4.69, 9.17) is 9.47 Å². The molecule has 1 aromatic carbocycles. The molecule has 2 rings (SSSR count). The van der Waals surface area contributed by atoms with Gasteiger partial charge in [-0.2, -0.15) is 0 Å². The van der Waals surface area contributed by atoms with Gasteiger partial charge >= 0.3 is 0 Å². The fraction of sp³-hybridized carbons (Fsp3) is 0.438. The summed E-state index contributed by atoms with van der Waals surface area (Å²) in [6.07, 6.45) is 2.00. The minimum absolute atomic E-state index is 0.104. The maximum Gasteiger partial charge on any atom is 0.267 e. The maximum absolute atomic E-state index is 12.2. The molecule has 21 heavy (non-hydrogen) atoms. The zero-order valence-electron chi connectivity index (χ0n) is 12.9. The first-order chi connectivity index (χ1) is 10.1. The smallest absolute Gasteiger partial charge is 0.267 e. The number of aromatic amines is 1. The Morgan fingerprint density at radius 1 is 1.29 bits per heavy atom. The van der Waals surface area contributed by atoms with Crippen molar-refractivity contribution in [1.82, 2.24) is 10.3 Å². The molecule has 1 amide bonds. The van der Waals surface area contributed by atoms with Gasteiger partial charge < -0.3 is 19.8 Å². The van der Waals surface area contributed by atoms with Crippen LogP contribution < -0.4 is 14.8 Å². The van der Waals surface area contributed by atoms with Crippen molar-refractivity contribution < 1.29 is 14.3 Å². The zero-order chi connectivity index (χ0) is 15.4. The van der Waals surface area contributed by atoms with Gasteiger partial charge in [-0.05, 0) is 25.5 Å². The van der Waals surface area contributed by atoms with Crippen LogP contribution in [0.2, 0.25) is 0 Å². The predicted molar refractivity (Wildman–Crippen MR) is 83.2 cm³/mol. The van der Waals surface area contributed by atoms with E-state index in [0.717, 1.165) is 23.7 Å². The first-order valence-electron chi connectivity index (χ1n) is 7.14. The first-order valence-corrected chi connectivity index (χ1v) is 7.14. The Bertz CT molecular complexity index is 634. The number of benzene rings is 1. The molecule has 0 bridgehead atoms. The summed E-state index contributed by atoms with van der Waals surface area (Å²) in [5.41, 5.74) is 1.33. The number of fused-ring (bicyclic) bond motifs is 1. The van der Waals surface area contributed by atoms with Gasteiger partial charge in [0.1, 0.15) is 17.2 Å². The largest absolute Gasteiger partial charge is 0.497 e. The van der Waals surface area contributed by atoms with Gasteiger partial charge in [-0.25, -0.2) is 0 Å². The van der Waals surface area contributed by atoms with E-state index in [2.05, 4.69) is 17.2 Å². The molecule has 0 aliphatic carbocycles. The molecule has 0 aliphatic heterocycles. The summed E-state index contributed by atoms with van der Waals surface area (Å²) < 4.78 is 10.6. The van der Waals surface area contributed by atoms with Crippen LogP contribution in [0.4, 0.5) is 0 Å². The number of amides is 1. The molecular formula is C16H22N2O3. The van der Waals surface area contributed by atoms with E-state index >= 15 is 0 Å². The van der Waals surface area contributed by atoms with Gasteiger partial charge in [0.05, 0.1) is 19.7 Å². The SMILES string of the molecule is CCC[C@H](C)NC(=O)c1cc2cc(OC)cc(OC)c2[nH]1. The molecule has 0 radical (unpaired) electrons. The quantitative estimate of drug-likeness (QED) is 0.859. The molecule has 114 valence electrons. The van der Waals surface area contributed by atoms with Crippen LogP contribution in [0, 0.1) is 0 Å². The molecule has 0 spiro atoms. The molecule has 1 aromatic heterocycles. The summed E-state index contributed by atoms with van der Waals surface area (Å²) in [4.78, 5) is 15.4. The second-order valence-electron chi connectivity index (χ2n) is 5.14. The van der Waals surface area contributed by atoms with Crippen molar-refractivity contribution in [3.05, 3.63) is 23.9 Å². The molecule has 0 saturated heterocycles. The van der Waals surface area contributed by atoms with E-state index in [-0.39, 0.29) is 11.9 Å². The molecule has 5 heteroatoms. The molecule has 2 N–H and O–H groups in total. The van der Waals surface area contributed by atoms with Crippen molar-refractivity contribution >= 4 is 16.8 Å². The molecular weight excluding hydrogens is 268 g/mol. The third-order valence-corrected chi connectivity index (χ3v) is 3.47. The van der Waals surface area contributed by atoms with Gasteiger partial charge in [0.2, 0.25) is 0 Å². The summed E-state index contributed by atoms with van der Waals surface area (Å²) in [7, 11) is 3.20. The Balaban J connectivity index is 2.31. The van der Waals surface area contributed by atoms with Crippen LogP contribution in [0.25, 0.3) is 10.9 Å². The van der Waals surface area contributed by atoms with Gasteiger partial charge in [-0.15, -0.1) is 0 Å². The molecule has 2 aromatic rings. The normalized spacial score (nSPS) is 12.2. The first kappa shape index (κ1) is 15.2. The van der Waals surface area contributed by atoms with E-state index < -0.39 is 0 Å². The van der Waals surface area contributed by atoms with Crippen molar-refractivity contribution in [3.63, 3.8) is 0 Å². The fourth-order valence-electron chi connectivity index (χ4n) is 2.39. The van der Waals surface area contributed by atoms with Crippen molar-refractivity contribution in [2.45, 2.75) is 32.7 Å². The summed E-state index contributed by atoms with van der Waals surface area (Å²) in [5.74, 6) is 1.25. The van der Waals surface area contributed by atoms with Crippen LogP contribution >= 0.6 is 0 Å². The molecule has 1 heterocycles. The highest BCUT2D eigenvalue weighted by Crippen LogP contribution is 2.31. The lowest BCUT2D eigenvalue weighted by Gasteiger charge is -2.11. The highest BCUT2D eigenvalue weighted by molar-refractivity contribution is 6.00. The molecule has 0 aliphatic rings. The van der Waals surface area contributed by atoms with Crippen molar-refractivity contribution in [2.24, 2.45) is 0 Å². The number of nitrogens with one attached hydrogen (secondary N) is 2. The van der Waals surface area contributed by atoms with Gasteiger partial charge in [0.25, 0.3) is 5.91 Å². The van der Waals surface area contributed by atoms with Crippen LogP contribution in [-0.4, -0.2) is 31.2 Å². The summed E-state index contributed by atoms with van der Waals surface area (Å²) in [6.45, 7) is 4.11. The van der Waals surface area contributed by atoms with Crippen molar-refractivity contribution in [1.29, 1.82) is 0 Å². The van der Waals surface area contributed by atoms with E-state index in [1.54, 1.807) is 20.3 Å². The second kappa shape index (κ2) is 6.52. The average Bonchev–Trinajstić information content (AvgIpc) is 2.90. The van der Waals surface area contributed by atoms with E-state index in [0.29, 0.717) is 17.2 Å². The van der Waals surface area contributed by atoms with Crippen molar-refractivity contribution in [3.8, 4) is 11.5 Å². The number of carbonyl (C=O) groups excluding carboxylic acids is 1. The molecule has 0 unspecified atom stereocenters. The number of methoxy groups -OCH3 is 2. The molecule has 1 atom stereocenters. The minimum Gasteiger partial charge on any atom is -0.497 e. The summed E-state index contributed by atoms with van der Waals surface area (Å²) >= 11 is 0. The van der Waals surface area contributed by atoms with Crippen molar-refractivity contribution in [2.75, 3.05) is 14.2 Å². The Morgan fingerprint density at radius 3 is 2.67 bits per heavy atom. The van der Waals surface area contributed by atoms with Gasteiger partial charge in [-0.1, -0.05) is 13.3 Å². The third kappa shape index (κ3) is 3.29. The monoisotopic (exact) mass is 290 g/mol. The highest BCUT2D eigenvalue weighted by atomic mass is 16.5. The van der Waals surface area contributed by atoms with Gasteiger partial charge in [-0.3, -0.25) is 4.79 Å². The number of ether oxygens (including phenoxy) is 2. The van der Waals surface area contributed by atoms with E-state index in [1.165, 1.54) is 0 Å². The van der Waals surface area contributed by atoms with Crippen LogP contribution in [0.1, 0.15) is 37.2 Å². The van der Waals surface area contributed by atoms with Crippen LogP contribution in [0.3, 0.4) is 0 Å². The number of rotatable bonds is 6. The maximum atomic E-state index is 12.2. The molecule has 0 fully saturated rings. The summed E-state index contributed by atoms with van der Waals surface area (Å²) in [5, 5.41) is 3.87. The lowest BCUT2D eigenvalue weighted by molar-refractivity contribution is 0.0934. The Morgan fingerprint density at radius 2 is 2.05 bits per heavy atom. The number of hydrogen-bond acceptors (Lipinski definition) is 3. The highest BCUT2D eigenvalue weighted by Gasteiger charge is 2.15. The Hall–Kier alpha value is -2.17. The second-order valence-corrected chi connectivity index (χ2v) is 5.14. The number of aromatic nitrogens is 1. The number of hydrogen-bond donors (Lipinski definition) is 2. The summed E-state index contributed by atoms with van der Waals surface area (Å²) in [6, 6.07) is 5.64. The van der Waals surface area contributed by atoms with E-state index in [1.807, 2.05) is 19.1 Å². The topological polar surface area (TPSA) is 63.4 Å². The lowest BCUT2D eigenvalue weighted by atomic mass is 10.2. The van der Waals surface area contributed by atoms with Crippen LogP contribution in [0.5, 0.6) is 11.5 Å². The number of carbonyl (C=O) groups is 1. The number of H-pyrrole nitrogens is 1. The minimum atomic E-state index is -0.104. The third-order valence-electron chi connectivity index (χ3n) is 3.47. The molecule has 5 nitrogen and oxygen atoms in total. The fourth-order valence-corrected chi connectivity index (χ4v) is 2.39. The zero-order valence-corrected chi connectivity index (χ0v) is 12.9. The van der Waals surface area contributed by atoms with Gasteiger partial charge in [0.15, 0.2) is 0 Å². The predicted octanol–water partition coefficient (Wildman–Crippen LogP) is 3.10. The average molecular weight is 290 g/mol. The lowest BCUT2D eigenvalue weighted by Crippen LogP contribution is -2.32. The standard InChI is InChI=1S/C16H22N2O3/c1-5-6-10(2)17-16(19)13-8-11-7-12(20-3)9-14(21-4)15(11)18-13/h7-10,18H,5-6H2,1-4H3,(H,17,19)/t10-/m0/s1. The van der Waals surface area contributed by atoms with Gasteiger partial charge in [0, 0.05) is 17.5 Å². The Labute approximate surface area is 124 Å². The van der Waals surface area contributed by atoms with Crippen LogP contribution in [-0.2, 0) is 0 Å². The van der Waals surface area contributed by atoms with E-state index in [9.17, 15) is 4.79 Å².